The zero-order chi connectivity index (χ0) is 30.3. The van der Waals surface area contributed by atoms with E-state index >= 15 is 0 Å². The van der Waals surface area contributed by atoms with Crippen LogP contribution in [0.25, 0.3) is 0 Å². The van der Waals surface area contributed by atoms with Crippen molar-refractivity contribution in [2.24, 2.45) is 0 Å². The van der Waals surface area contributed by atoms with E-state index < -0.39 is 0 Å². The first kappa shape index (κ1) is 41.6. The first-order chi connectivity index (χ1) is 20.9. The fourth-order valence-corrected chi connectivity index (χ4v) is 3.82. The lowest BCUT2D eigenvalue weighted by atomic mass is 10.1. The van der Waals surface area contributed by atoms with Crippen molar-refractivity contribution >= 4 is 0 Å². The zero-order valence-corrected chi connectivity index (χ0v) is 27.3. The van der Waals surface area contributed by atoms with E-state index in [4.69, 9.17) is 47.4 Å². The molecule has 0 bridgehead atoms. The van der Waals surface area contributed by atoms with Gasteiger partial charge in [0.15, 0.2) is 0 Å². The Morgan fingerprint density at radius 3 is 0.690 bits per heavy atom. The molecular formula is C32H66O10. The average molecular weight is 611 g/mol. The molecule has 0 amide bonds. The molecule has 0 N–H and O–H groups in total. The third kappa shape index (κ3) is 39.6. The minimum Gasteiger partial charge on any atom is -0.379 e. The summed E-state index contributed by atoms with van der Waals surface area (Å²) in [4.78, 5) is 0. The molecule has 0 aliphatic heterocycles. The van der Waals surface area contributed by atoms with Crippen LogP contribution in [0.5, 0.6) is 0 Å². The summed E-state index contributed by atoms with van der Waals surface area (Å²) in [6.45, 7) is 16.0. The molecule has 0 saturated carbocycles. The summed E-state index contributed by atoms with van der Waals surface area (Å²) >= 11 is 0. The molecule has 0 aromatic rings. The molecule has 0 radical (unpaired) electrons. The molecule has 42 heavy (non-hydrogen) atoms. The fourth-order valence-electron chi connectivity index (χ4n) is 3.82. The molecule has 0 aliphatic rings. The predicted molar refractivity (Wildman–Crippen MR) is 166 cm³/mol. The van der Waals surface area contributed by atoms with Crippen LogP contribution in [0.1, 0.15) is 78.1 Å². The monoisotopic (exact) mass is 610 g/mol. The Bertz CT molecular complexity index is 419. The molecule has 10 heteroatoms. The maximum absolute atomic E-state index is 5.64. The molecule has 0 spiro atoms. The number of rotatable bonds is 39. The molecule has 0 saturated heterocycles. The highest BCUT2D eigenvalue weighted by molar-refractivity contribution is 4.47. The van der Waals surface area contributed by atoms with Crippen molar-refractivity contribution in [2.75, 3.05) is 132 Å². The van der Waals surface area contributed by atoms with Gasteiger partial charge in [-0.3, -0.25) is 0 Å². The van der Waals surface area contributed by atoms with Gasteiger partial charge in [0.05, 0.1) is 119 Å². The smallest absolute Gasteiger partial charge is 0.0701 e. The van der Waals surface area contributed by atoms with E-state index in [0.717, 1.165) is 13.0 Å². The van der Waals surface area contributed by atoms with Crippen molar-refractivity contribution in [3.05, 3.63) is 0 Å². The van der Waals surface area contributed by atoms with Gasteiger partial charge in [-0.15, -0.1) is 0 Å². The normalized spacial score (nSPS) is 11.6. The summed E-state index contributed by atoms with van der Waals surface area (Å²) in [6.07, 6.45) is 13.5. The van der Waals surface area contributed by atoms with Crippen LogP contribution in [-0.2, 0) is 47.4 Å². The van der Waals surface area contributed by atoms with E-state index in [-0.39, 0.29) is 0 Å². The van der Waals surface area contributed by atoms with Gasteiger partial charge in [0.2, 0.25) is 0 Å². The summed E-state index contributed by atoms with van der Waals surface area (Å²) in [7, 11) is 0. The van der Waals surface area contributed by atoms with Crippen LogP contribution in [0.3, 0.4) is 0 Å². The molecule has 0 aliphatic carbocycles. The molecule has 0 heterocycles. The summed E-state index contributed by atoms with van der Waals surface area (Å²) in [5.74, 6) is 0. The lowest BCUT2D eigenvalue weighted by Gasteiger charge is -2.09. The second-order valence-electron chi connectivity index (χ2n) is 9.89. The minimum absolute atomic E-state index is 0.534. The first-order valence-corrected chi connectivity index (χ1v) is 16.7. The van der Waals surface area contributed by atoms with Gasteiger partial charge in [0.1, 0.15) is 0 Å². The van der Waals surface area contributed by atoms with E-state index in [0.29, 0.717) is 126 Å². The molecule has 0 unspecified atom stereocenters. The zero-order valence-electron chi connectivity index (χ0n) is 27.3. The Morgan fingerprint density at radius 2 is 0.429 bits per heavy atom. The van der Waals surface area contributed by atoms with Crippen molar-refractivity contribution < 1.29 is 47.4 Å². The second-order valence-corrected chi connectivity index (χ2v) is 9.89. The summed E-state index contributed by atoms with van der Waals surface area (Å²) in [5, 5.41) is 0. The van der Waals surface area contributed by atoms with Gasteiger partial charge >= 0.3 is 0 Å². The third-order valence-electron chi connectivity index (χ3n) is 6.19. The molecule has 0 fully saturated rings. The van der Waals surface area contributed by atoms with E-state index in [9.17, 15) is 0 Å². The lowest BCUT2D eigenvalue weighted by Crippen LogP contribution is -2.15. The van der Waals surface area contributed by atoms with E-state index in [1.165, 1.54) is 57.8 Å². The second kappa shape index (κ2) is 40.6. The van der Waals surface area contributed by atoms with Crippen molar-refractivity contribution in [2.45, 2.75) is 78.1 Å². The predicted octanol–water partition coefficient (Wildman–Crippen LogP) is 5.09. The number of ether oxygens (including phenoxy) is 10. The largest absolute Gasteiger partial charge is 0.379 e. The van der Waals surface area contributed by atoms with Crippen LogP contribution in [0.2, 0.25) is 0 Å². The van der Waals surface area contributed by atoms with Crippen LogP contribution in [0, 0.1) is 0 Å². The van der Waals surface area contributed by atoms with Gasteiger partial charge in [-0.05, 0) is 13.3 Å². The highest BCUT2D eigenvalue weighted by Gasteiger charge is 1.97. The number of unbranched alkanes of at least 4 members (excludes halogenated alkanes) is 9. The highest BCUT2D eigenvalue weighted by atomic mass is 16.6. The van der Waals surface area contributed by atoms with Crippen LogP contribution >= 0.6 is 0 Å². The maximum Gasteiger partial charge on any atom is 0.0701 e. The number of hydrogen-bond donors (Lipinski definition) is 0. The number of hydrogen-bond acceptors (Lipinski definition) is 10. The van der Waals surface area contributed by atoms with Crippen LogP contribution < -0.4 is 0 Å². The Hall–Kier alpha value is -0.400. The summed E-state index contributed by atoms with van der Waals surface area (Å²) < 4.78 is 54.6. The lowest BCUT2D eigenvalue weighted by molar-refractivity contribution is -0.0263. The molecular weight excluding hydrogens is 544 g/mol. The summed E-state index contributed by atoms with van der Waals surface area (Å²) in [5.41, 5.74) is 0. The SMILES string of the molecule is CCCCCCCCCCCCOCCOCCOCCOCCOCCOCCOCCOCCOCCOCC. The van der Waals surface area contributed by atoms with Gasteiger partial charge in [0, 0.05) is 13.2 Å². The average Bonchev–Trinajstić information content (AvgIpc) is 3.00. The summed E-state index contributed by atoms with van der Waals surface area (Å²) in [6, 6.07) is 0. The fraction of sp³-hybridized carbons (Fsp3) is 1.00. The van der Waals surface area contributed by atoms with Gasteiger partial charge in [-0.2, -0.15) is 0 Å². The van der Waals surface area contributed by atoms with Gasteiger partial charge in [-0.1, -0.05) is 64.7 Å². The molecule has 10 nitrogen and oxygen atoms in total. The van der Waals surface area contributed by atoms with E-state index in [2.05, 4.69) is 6.92 Å². The topological polar surface area (TPSA) is 92.3 Å². The Morgan fingerprint density at radius 1 is 0.214 bits per heavy atom. The minimum atomic E-state index is 0.534. The molecule has 0 aromatic heterocycles. The van der Waals surface area contributed by atoms with Gasteiger partial charge < -0.3 is 47.4 Å². The van der Waals surface area contributed by atoms with Crippen molar-refractivity contribution in [3.8, 4) is 0 Å². The standard InChI is InChI=1S/C32H66O10/c1-3-5-6-7-8-9-10-11-12-13-14-34-17-18-36-21-22-38-25-26-40-29-30-42-32-31-41-28-27-39-24-23-37-20-19-35-16-15-33-4-2/h3-32H2,1-2H3. The molecule has 0 aromatic carbocycles. The third-order valence-corrected chi connectivity index (χ3v) is 6.19. The van der Waals surface area contributed by atoms with Crippen LogP contribution in [0.15, 0.2) is 0 Å². The first-order valence-electron chi connectivity index (χ1n) is 16.7. The van der Waals surface area contributed by atoms with Crippen molar-refractivity contribution in [3.63, 3.8) is 0 Å². The quantitative estimate of drug-likeness (QED) is 0.0876. The highest BCUT2D eigenvalue weighted by Crippen LogP contribution is 2.10. The molecule has 0 atom stereocenters. The van der Waals surface area contributed by atoms with Gasteiger partial charge in [0.25, 0.3) is 0 Å². The molecule has 0 rings (SSSR count). The van der Waals surface area contributed by atoms with Crippen LogP contribution in [-0.4, -0.2) is 132 Å². The van der Waals surface area contributed by atoms with Crippen molar-refractivity contribution in [1.82, 2.24) is 0 Å². The Balaban J connectivity index is 3.02. The Kier molecular flexibility index (Phi) is 40.2. The van der Waals surface area contributed by atoms with Crippen molar-refractivity contribution in [1.29, 1.82) is 0 Å². The maximum atomic E-state index is 5.64. The Labute approximate surface area is 257 Å². The van der Waals surface area contributed by atoms with E-state index in [1.54, 1.807) is 0 Å². The van der Waals surface area contributed by atoms with E-state index in [1.807, 2.05) is 6.92 Å². The van der Waals surface area contributed by atoms with Gasteiger partial charge in [-0.25, -0.2) is 0 Å². The van der Waals surface area contributed by atoms with Crippen LogP contribution in [0.4, 0.5) is 0 Å². The molecule has 254 valence electrons.